The molecule has 0 aliphatic heterocycles. The van der Waals surface area contributed by atoms with E-state index < -0.39 is 0 Å². The highest BCUT2D eigenvalue weighted by atomic mass is 16.3. The number of rotatable bonds is 3. The molecule has 0 bridgehead atoms. The second-order valence-electron chi connectivity index (χ2n) is 2.76. The summed E-state index contributed by atoms with van der Waals surface area (Å²) in [7, 11) is 0. The van der Waals surface area contributed by atoms with Gasteiger partial charge in [0.05, 0.1) is 6.26 Å². The maximum Gasteiger partial charge on any atom is 0.207 e. The monoisotopic (exact) mass is 175 g/mol. The lowest BCUT2D eigenvalue weighted by molar-refractivity contribution is -0.109. The van der Waals surface area contributed by atoms with Gasteiger partial charge >= 0.3 is 0 Å². The quantitative estimate of drug-likeness (QED) is 0.721. The van der Waals surface area contributed by atoms with Crippen LogP contribution in [0.4, 0.5) is 0 Å². The van der Waals surface area contributed by atoms with Gasteiger partial charge in [0.15, 0.2) is 0 Å². The first-order chi connectivity index (χ1) is 6.42. The summed E-state index contributed by atoms with van der Waals surface area (Å²) in [4.78, 5) is 10.1. The summed E-state index contributed by atoms with van der Waals surface area (Å²) >= 11 is 0. The van der Waals surface area contributed by atoms with E-state index in [2.05, 4.69) is 5.32 Å². The van der Waals surface area contributed by atoms with Crippen molar-refractivity contribution in [3.8, 4) is 0 Å². The molecule has 2 rings (SSSR count). The van der Waals surface area contributed by atoms with Crippen LogP contribution in [0.1, 0.15) is 5.56 Å². The topological polar surface area (TPSA) is 42.2 Å². The van der Waals surface area contributed by atoms with Gasteiger partial charge in [0.25, 0.3) is 0 Å². The number of fused-ring (bicyclic) bond motifs is 1. The van der Waals surface area contributed by atoms with Gasteiger partial charge in [-0.3, -0.25) is 4.79 Å². The standard InChI is InChI=1S/C10H9NO2/c12-7-11-5-8-6-13-10-4-2-1-3-9(8)10/h1-4,6-7H,5H2,(H,11,12). The van der Waals surface area contributed by atoms with Gasteiger partial charge in [-0.25, -0.2) is 0 Å². The Bertz CT molecular complexity index is 420. The number of hydrogen-bond acceptors (Lipinski definition) is 2. The van der Waals surface area contributed by atoms with Crippen LogP contribution in [0.3, 0.4) is 0 Å². The molecule has 3 heteroatoms. The van der Waals surface area contributed by atoms with E-state index in [1.165, 1.54) is 0 Å². The van der Waals surface area contributed by atoms with Crippen LogP contribution < -0.4 is 5.32 Å². The van der Waals surface area contributed by atoms with Crippen LogP contribution in [0.25, 0.3) is 11.0 Å². The summed E-state index contributed by atoms with van der Waals surface area (Å²) < 4.78 is 5.29. The number of amides is 1. The molecule has 0 radical (unpaired) electrons. The fourth-order valence-electron chi connectivity index (χ4n) is 1.32. The van der Waals surface area contributed by atoms with Gasteiger partial charge in [-0.05, 0) is 6.07 Å². The highest BCUT2D eigenvalue weighted by Gasteiger charge is 2.02. The normalized spacial score (nSPS) is 10.2. The predicted molar refractivity (Wildman–Crippen MR) is 49.1 cm³/mol. The summed E-state index contributed by atoms with van der Waals surface area (Å²) in [5, 5.41) is 3.65. The fourth-order valence-corrected chi connectivity index (χ4v) is 1.32. The van der Waals surface area contributed by atoms with Crippen LogP contribution in [-0.4, -0.2) is 6.41 Å². The molecule has 0 aliphatic carbocycles. The zero-order valence-electron chi connectivity index (χ0n) is 6.99. The molecular formula is C10H9NO2. The molecule has 0 saturated carbocycles. The first-order valence-electron chi connectivity index (χ1n) is 4.04. The Morgan fingerprint density at radius 1 is 1.38 bits per heavy atom. The highest BCUT2D eigenvalue weighted by molar-refractivity contribution is 5.80. The van der Waals surface area contributed by atoms with Gasteiger partial charge in [-0.15, -0.1) is 0 Å². The lowest BCUT2D eigenvalue weighted by atomic mass is 10.2. The molecule has 1 aromatic carbocycles. The van der Waals surface area contributed by atoms with Gasteiger partial charge in [0.2, 0.25) is 6.41 Å². The van der Waals surface area contributed by atoms with Crippen molar-refractivity contribution in [2.75, 3.05) is 0 Å². The molecule has 0 fully saturated rings. The first-order valence-corrected chi connectivity index (χ1v) is 4.04. The molecule has 0 saturated heterocycles. The van der Waals surface area contributed by atoms with Crippen LogP contribution in [-0.2, 0) is 11.3 Å². The van der Waals surface area contributed by atoms with Crippen LogP contribution in [0.2, 0.25) is 0 Å². The van der Waals surface area contributed by atoms with E-state index in [1.807, 2.05) is 24.3 Å². The van der Waals surface area contributed by atoms with E-state index in [4.69, 9.17) is 4.42 Å². The molecule has 13 heavy (non-hydrogen) atoms. The average molecular weight is 175 g/mol. The third-order valence-corrected chi connectivity index (χ3v) is 1.94. The summed E-state index contributed by atoms with van der Waals surface area (Å²) in [5.74, 6) is 0. The van der Waals surface area contributed by atoms with Crippen LogP contribution in [0.15, 0.2) is 34.9 Å². The Morgan fingerprint density at radius 3 is 3.08 bits per heavy atom. The van der Waals surface area contributed by atoms with Crippen molar-refractivity contribution >= 4 is 17.4 Å². The number of hydrogen-bond donors (Lipinski definition) is 1. The van der Waals surface area contributed by atoms with Gasteiger partial charge in [0, 0.05) is 17.5 Å². The summed E-state index contributed by atoms with van der Waals surface area (Å²) in [6, 6.07) is 7.74. The minimum absolute atomic E-state index is 0.514. The molecule has 0 atom stereocenters. The third kappa shape index (κ3) is 1.40. The number of para-hydroxylation sites is 1. The Labute approximate surface area is 75.3 Å². The molecule has 0 unspecified atom stereocenters. The lowest BCUT2D eigenvalue weighted by Gasteiger charge is -1.94. The van der Waals surface area contributed by atoms with Gasteiger partial charge in [-0.2, -0.15) is 0 Å². The number of furan rings is 1. The smallest absolute Gasteiger partial charge is 0.207 e. The Hall–Kier alpha value is -1.77. The summed E-state index contributed by atoms with van der Waals surface area (Å²) in [6.45, 7) is 0.514. The van der Waals surface area contributed by atoms with Crippen LogP contribution in [0, 0.1) is 0 Å². The highest BCUT2D eigenvalue weighted by Crippen LogP contribution is 2.19. The molecular weight excluding hydrogens is 166 g/mol. The summed E-state index contributed by atoms with van der Waals surface area (Å²) in [6.07, 6.45) is 2.35. The SMILES string of the molecule is O=CNCc1coc2ccccc12. The van der Waals surface area contributed by atoms with E-state index in [-0.39, 0.29) is 0 Å². The van der Waals surface area contributed by atoms with Gasteiger partial charge in [-0.1, -0.05) is 18.2 Å². The Balaban J connectivity index is 2.40. The number of carbonyl (C=O) groups is 1. The van der Waals surface area contributed by atoms with Gasteiger partial charge in [0.1, 0.15) is 5.58 Å². The van der Waals surface area contributed by atoms with Crippen molar-refractivity contribution in [3.05, 3.63) is 36.1 Å². The van der Waals surface area contributed by atoms with Crippen molar-refractivity contribution in [1.82, 2.24) is 5.32 Å². The molecule has 1 aromatic heterocycles. The van der Waals surface area contributed by atoms with Crippen molar-refractivity contribution in [1.29, 1.82) is 0 Å². The van der Waals surface area contributed by atoms with E-state index >= 15 is 0 Å². The van der Waals surface area contributed by atoms with E-state index in [0.29, 0.717) is 13.0 Å². The molecule has 1 heterocycles. The van der Waals surface area contributed by atoms with Crippen LogP contribution in [0.5, 0.6) is 0 Å². The van der Waals surface area contributed by atoms with Crippen LogP contribution >= 0.6 is 0 Å². The molecule has 3 nitrogen and oxygen atoms in total. The minimum Gasteiger partial charge on any atom is -0.464 e. The Kier molecular flexibility index (Phi) is 2.00. The van der Waals surface area contributed by atoms with Crippen molar-refractivity contribution in [2.24, 2.45) is 0 Å². The second kappa shape index (κ2) is 3.31. The molecule has 1 amide bonds. The number of carbonyl (C=O) groups excluding carboxylic acids is 1. The molecule has 1 N–H and O–H groups in total. The van der Waals surface area contributed by atoms with E-state index in [0.717, 1.165) is 16.5 Å². The lowest BCUT2D eigenvalue weighted by Crippen LogP contribution is -2.08. The third-order valence-electron chi connectivity index (χ3n) is 1.94. The second-order valence-corrected chi connectivity index (χ2v) is 2.76. The molecule has 2 aromatic rings. The predicted octanol–water partition coefficient (Wildman–Crippen LogP) is 1.68. The van der Waals surface area contributed by atoms with E-state index in [1.54, 1.807) is 6.26 Å². The van der Waals surface area contributed by atoms with Crippen molar-refractivity contribution in [2.45, 2.75) is 6.54 Å². The maximum atomic E-state index is 10.1. The Morgan fingerprint density at radius 2 is 2.23 bits per heavy atom. The maximum absolute atomic E-state index is 10.1. The van der Waals surface area contributed by atoms with Crippen molar-refractivity contribution in [3.63, 3.8) is 0 Å². The van der Waals surface area contributed by atoms with E-state index in [9.17, 15) is 4.79 Å². The van der Waals surface area contributed by atoms with Crippen molar-refractivity contribution < 1.29 is 9.21 Å². The zero-order valence-corrected chi connectivity index (χ0v) is 6.99. The summed E-state index contributed by atoms with van der Waals surface area (Å²) in [5.41, 5.74) is 1.85. The molecule has 0 spiro atoms. The average Bonchev–Trinajstić information content (AvgIpc) is 2.58. The molecule has 0 aliphatic rings. The first kappa shape index (κ1) is 7.86. The minimum atomic E-state index is 0.514. The number of nitrogens with one attached hydrogen (secondary N) is 1. The zero-order chi connectivity index (χ0) is 9.10. The largest absolute Gasteiger partial charge is 0.464 e. The number of benzene rings is 1. The molecule has 66 valence electrons. The van der Waals surface area contributed by atoms with Gasteiger partial charge < -0.3 is 9.73 Å². The fraction of sp³-hybridized carbons (Fsp3) is 0.100.